The van der Waals surface area contributed by atoms with Gasteiger partial charge in [0.05, 0.1) is 11.3 Å². The minimum absolute atomic E-state index is 0.119. The largest absolute Gasteiger partial charge is 0.327 e. The molecular weight excluding hydrogens is 440 g/mol. The Morgan fingerprint density at radius 3 is 2.36 bits per heavy atom. The number of aryl methyl sites for hydroxylation is 2. The van der Waals surface area contributed by atoms with Crippen LogP contribution in [0.2, 0.25) is 5.02 Å². The van der Waals surface area contributed by atoms with Crippen LogP contribution in [0, 0.1) is 6.92 Å². The summed E-state index contributed by atoms with van der Waals surface area (Å²) in [4.78, 5) is 41.9. The van der Waals surface area contributed by atoms with Crippen molar-refractivity contribution in [3.05, 3.63) is 81.0 Å². The van der Waals surface area contributed by atoms with E-state index in [-0.39, 0.29) is 22.9 Å². The van der Waals surface area contributed by atoms with E-state index in [2.05, 4.69) is 5.10 Å². The van der Waals surface area contributed by atoms with Crippen LogP contribution in [0.3, 0.4) is 0 Å². The molecule has 0 aliphatic carbocycles. The molecule has 0 atom stereocenters. The Labute approximate surface area is 196 Å². The van der Waals surface area contributed by atoms with Crippen LogP contribution >= 0.6 is 11.6 Å². The Kier molecular flexibility index (Phi) is 6.08. The molecule has 0 fully saturated rings. The van der Waals surface area contributed by atoms with E-state index in [0.717, 1.165) is 12.0 Å². The van der Waals surface area contributed by atoms with E-state index in [1.165, 1.54) is 9.58 Å². The highest BCUT2D eigenvalue weighted by atomic mass is 35.5. The van der Waals surface area contributed by atoms with Crippen LogP contribution in [-0.4, -0.2) is 32.5 Å². The Morgan fingerprint density at radius 2 is 1.76 bits per heavy atom. The molecule has 4 rings (SSSR count). The van der Waals surface area contributed by atoms with E-state index in [1.54, 1.807) is 55.1 Å². The average molecular weight is 466 g/mol. The third-order valence-electron chi connectivity index (χ3n) is 5.64. The van der Waals surface area contributed by atoms with Gasteiger partial charge in [0.15, 0.2) is 12.4 Å². The molecule has 33 heavy (non-hydrogen) atoms. The van der Waals surface area contributed by atoms with Crippen molar-refractivity contribution in [2.24, 2.45) is 0 Å². The Hall–Kier alpha value is -3.45. The van der Waals surface area contributed by atoms with Gasteiger partial charge >= 0.3 is 5.91 Å². The van der Waals surface area contributed by atoms with Crippen molar-refractivity contribution in [3.63, 3.8) is 0 Å². The highest BCUT2D eigenvalue weighted by Gasteiger charge is 2.48. The number of nitrogens with zero attached hydrogens (tertiary/aromatic N) is 3. The fraction of sp³-hybridized carbons (Fsp3) is 0.280. The predicted octanol–water partition coefficient (Wildman–Crippen LogP) is 3.51. The molecule has 2 aromatic heterocycles. The van der Waals surface area contributed by atoms with Crippen LogP contribution in [0.4, 0.5) is 0 Å². The van der Waals surface area contributed by atoms with E-state index >= 15 is 0 Å². The van der Waals surface area contributed by atoms with E-state index in [0.29, 0.717) is 22.8 Å². The number of hydrogen-bond acceptors (Lipinski definition) is 3. The molecule has 1 aromatic carbocycles. The van der Waals surface area contributed by atoms with Gasteiger partial charge in [0.25, 0.3) is 17.2 Å². The Balaban J connectivity index is 2.03. The number of pyridine rings is 1. The molecular formula is C25H26ClN4O3+. The molecule has 0 radical (unpaired) electrons. The van der Waals surface area contributed by atoms with Crippen LogP contribution < -0.4 is 10.1 Å². The molecule has 1 N–H and O–H groups in total. The summed E-state index contributed by atoms with van der Waals surface area (Å²) in [5.41, 5.74) is 2.30. The molecule has 0 spiro atoms. The Bertz CT molecular complexity index is 1330. The van der Waals surface area contributed by atoms with Gasteiger partial charge in [0, 0.05) is 28.9 Å². The molecule has 7 nitrogen and oxygen atoms in total. The lowest BCUT2D eigenvalue weighted by Gasteiger charge is -2.17. The number of amides is 2. The molecule has 170 valence electrons. The molecule has 1 aliphatic rings. The lowest BCUT2D eigenvalue weighted by atomic mass is 10.0. The average Bonchev–Trinajstić information content (AvgIpc) is 3.21. The smallest absolute Gasteiger partial charge is 0.294 e. The second kappa shape index (κ2) is 8.83. The predicted molar refractivity (Wildman–Crippen MR) is 127 cm³/mol. The molecule has 0 saturated carbocycles. The molecule has 8 heteroatoms. The van der Waals surface area contributed by atoms with E-state index in [1.807, 2.05) is 26.0 Å². The van der Waals surface area contributed by atoms with E-state index in [9.17, 15) is 14.4 Å². The molecule has 3 heterocycles. The summed E-state index contributed by atoms with van der Waals surface area (Å²) in [7, 11) is 0. The number of rotatable bonds is 6. The van der Waals surface area contributed by atoms with Crippen molar-refractivity contribution in [1.29, 1.82) is 0 Å². The van der Waals surface area contributed by atoms with E-state index in [4.69, 9.17) is 11.6 Å². The zero-order chi connectivity index (χ0) is 23.9. The first-order chi connectivity index (χ1) is 15.7. The number of halogens is 1. The Morgan fingerprint density at radius 1 is 1.06 bits per heavy atom. The van der Waals surface area contributed by atoms with Crippen molar-refractivity contribution in [2.75, 3.05) is 0 Å². The first-order valence-corrected chi connectivity index (χ1v) is 11.3. The summed E-state index contributed by atoms with van der Waals surface area (Å²) in [5.74, 6) is -0.888. The topological polar surface area (TPSA) is 79.1 Å². The van der Waals surface area contributed by atoms with Gasteiger partial charge in [-0.15, -0.1) is 0 Å². The number of carbonyl (C=O) groups is 2. The van der Waals surface area contributed by atoms with Crippen molar-refractivity contribution in [1.82, 2.24) is 14.7 Å². The fourth-order valence-corrected chi connectivity index (χ4v) is 4.27. The molecule has 2 amide bonds. The summed E-state index contributed by atoms with van der Waals surface area (Å²) in [5, 5.41) is 3.64. The summed E-state index contributed by atoms with van der Waals surface area (Å²) in [6, 6.07) is 10.3. The van der Waals surface area contributed by atoms with Crippen molar-refractivity contribution in [2.45, 2.75) is 46.6 Å². The van der Waals surface area contributed by atoms with Crippen LogP contribution in [0.5, 0.6) is 0 Å². The highest BCUT2D eigenvalue weighted by Crippen LogP contribution is 2.31. The van der Waals surface area contributed by atoms with Gasteiger partial charge in [-0.25, -0.2) is 4.68 Å². The summed E-state index contributed by atoms with van der Waals surface area (Å²) >= 11 is 6.15. The standard InChI is InChI=1S/C25H25ClN4O3/c1-5-7-19-20(24(32)30(27-19)18-9-6-8-17(26)14-18)21-22(28-12-10-16(4)11-13-28)25(33)29(15(2)3)23(21)31/h6,8-15H,5,7H2,1-4H3/p+1. The number of hydrogen-bond donors (Lipinski definition) is 1. The second-order valence-corrected chi connectivity index (χ2v) is 8.85. The summed E-state index contributed by atoms with van der Waals surface area (Å²) in [6.45, 7) is 7.50. The van der Waals surface area contributed by atoms with Gasteiger partial charge in [0.1, 0.15) is 5.57 Å². The van der Waals surface area contributed by atoms with Crippen molar-refractivity contribution < 1.29 is 14.2 Å². The van der Waals surface area contributed by atoms with Gasteiger partial charge < -0.3 is 0 Å². The van der Waals surface area contributed by atoms with Crippen molar-refractivity contribution in [3.8, 4) is 5.69 Å². The monoisotopic (exact) mass is 465 g/mol. The lowest BCUT2D eigenvalue weighted by Crippen LogP contribution is -2.42. The first-order valence-electron chi connectivity index (χ1n) is 10.9. The fourth-order valence-electron chi connectivity index (χ4n) is 4.09. The van der Waals surface area contributed by atoms with Gasteiger partial charge in [-0.1, -0.05) is 31.0 Å². The van der Waals surface area contributed by atoms with Crippen LogP contribution in [-0.2, 0) is 16.0 Å². The number of aromatic amines is 1. The maximum Gasteiger partial charge on any atom is 0.327 e. The van der Waals surface area contributed by atoms with E-state index < -0.39 is 17.4 Å². The van der Waals surface area contributed by atoms with Crippen LogP contribution in [0.1, 0.15) is 44.0 Å². The first kappa shape index (κ1) is 22.7. The van der Waals surface area contributed by atoms with Gasteiger partial charge in [-0.05, 0) is 51.0 Å². The quantitative estimate of drug-likeness (QED) is 0.447. The van der Waals surface area contributed by atoms with Crippen LogP contribution in [0.25, 0.3) is 17.0 Å². The highest BCUT2D eigenvalue weighted by molar-refractivity contribution is 6.44. The van der Waals surface area contributed by atoms with Crippen molar-refractivity contribution >= 4 is 34.7 Å². The minimum atomic E-state index is -0.468. The maximum atomic E-state index is 13.7. The summed E-state index contributed by atoms with van der Waals surface area (Å²) < 4.78 is 3.00. The molecule has 3 aromatic rings. The molecule has 0 unspecified atom stereocenters. The van der Waals surface area contributed by atoms with Gasteiger partial charge in [0.2, 0.25) is 0 Å². The van der Waals surface area contributed by atoms with Gasteiger partial charge in [-0.3, -0.25) is 24.4 Å². The number of aromatic nitrogens is 3. The number of carbonyl (C=O) groups excluding carboxylic acids is 2. The summed E-state index contributed by atoms with van der Waals surface area (Å²) in [6.07, 6.45) is 4.76. The molecule has 0 bridgehead atoms. The SMILES string of the molecule is CCCc1[nH]n(-c2cccc(Cl)c2)c(=O)c1C1=C([n+]2ccc(C)cc2)C(=O)N(C(C)C)C1=O. The zero-order valence-electron chi connectivity index (χ0n) is 19.1. The lowest BCUT2D eigenvalue weighted by molar-refractivity contribution is -0.577. The van der Waals surface area contributed by atoms with Gasteiger partial charge in [-0.2, -0.15) is 4.57 Å². The number of nitrogens with one attached hydrogen (secondary N) is 1. The molecule has 1 aliphatic heterocycles. The number of imide groups is 1. The number of benzene rings is 1. The third kappa shape index (κ3) is 3.93. The minimum Gasteiger partial charge on any atom is -0.294 e. The van der Waals surface area contributed by atoms with Crippen LogP contribution in [0.15, 0.2) is 53.6 Å². The third-order valence-corrected chi connectivity index (χ3v) is 5.88. The molecule has 0 saturated heterocycles. The second-order valence-electron chi connectivity index (χ2n) is 8.42. The maximum absolute atomic E-state index is 13.7. The zero-order valence-corrected chi connectivity index (χ0v) is 19.8. The number of H-pyrrole nitrogens is 1. The normalized spacial score (nSPS) is 14.2.